The van der Waals surface area contributed by atoms with Gasteiger partial charge in [-0.15, -0.1) is 48.0 Å². The molecule has 464 valence electrons. The average molecular weight is 1360 g/mol. The number of halogens is 2. The summed E-state index contributed by atoms with van der Waals surface area (Å²) in [4.78, 5) is 0. The van der Waals surface area contributed by atoms with E-state index < -0.39 is 0 Å². The summed E-state index contributed by atoms with van der Waals surface area (Å²) in [5.74, 6) is 11.9. The molecular weight excluding hydrogens is 1250 g/mol. The van der Waals surface area contributed by atoms with E-state index in [2.05, 4.69) is 85.1 Å². The van der Waals surface area contributed by atoms with Crippen LogP contribution in [0.1, 0.15) is 205 Å². The summed E-state index contributed by atoms with van der Waals surface area (Å²) in [5.41, 5.74) is 0. The molecule has 10 saturated heterocycles. The first-order valence-electron chi connectivity index (χ1n) is 35.8. The molecule has 16 atom stereocenters. The maximum atomic E-state index is 4.26. The molecule has 82 heavy (non-hydrogen) atoms. The van der Waals surface area contributed by atoms with Crippen LogP contribution in [0.4, 0.5) is 0 Å². The van der Waals surface area contributed by atoms with Crippen molar-refractivity contribution in [3.63, 3.8) is 0 Å². The van der Waals surface area contributed by atoms with Gasteiger partial charge in [0.1, 0.15) is 0 Å². The molecule has 16 N–H and O–H groups in total. The van der Waals surface area contributed by atoms with E-state index in [9.17, 15) is 0 Å². The van der Waals surface area contributed by atoms with Crippen LogP contribution in [0.3, 0.4) is 0 Å². The van der Waals surface area contributed by atoms with E-state index in [0.717, 1.165) is 94.7 Å². The topological polar surface area (TPSA) is 192 Å². The summed E-state index contributed by atoms with van der Waals surface area (Å²) < 4.78 is 0. The van der Waals surface area contributed by atoms with Crippen LogP contribution in [-0.4, -0.2) is 98.7 Å². The Bertz CT molecular complexity index is 1580. The number of hydrogen-bond donors (Lipinski definition) is 16. The summed E-state index contributed by atoms with van der Waals surface area (Å²) in [6.07, 6.45) is 51.1. The normalized spacial score (nSPS) is 56.2. The zero-order valence-corrected chi connectivity index (χ0v) is 54.6. The Balaban J connectivity index is 0.000000137. The molecule has 16 bridgehead atoms. The highest BCUT2D eigenvalue weighted by Gasteiger charge is 2.57. The van der Waals surface area contributed by atoms with Gasteiger partial charge in [-0.2, -0.15) is 0 Å². The second-order valence-corrected chi connectivity index (χ2v) is 31.2. The van der Waals surface area contributed by atoms with Gasteiger partial charge < -0.3 is 0 Å². The molecule has 0 radical (unpaired) electrons. The smallest absolute Gasteiger partial charge is 0.0628 e. The molecule has 0 aromatic carbocycles. The summed E-state index contributed by atoms with van der Waals surface area (Å²) in [7, 11) is 0. The highest BCUT2D eigenvalue weighted by Crippen LogP contribution is 2.49. The third-order valence-electron chi connectivity index (χ3n) is 27.6. The van der Waals surface area contributed by atoms with Crippen molar-refractivity contribution < 1.29 is 0 Å². The minimum atomic E-state index is 0. The standard InChI is InChI=1S/2C32H56N8.2HI/c2*1-2-10-18-17(9-1)25-33-26(18)38-28-21-13-5-6-14-22(21)30(35-28)40-32-24-16-8-7-15-23(24)31(36-32)39-29-20-12-4-3-11-19(20)27(34-29)37-25;;/h2*17-40H,1-16H2;2*1H. The third kappa shape index (κ3) is 11.0. The lowest BCUT2D eigenvalue weighted by Crippen LogP contribution is -2.61. The van der Waals surface area contributed by atoms with E-state index in [1.54, 1.807) is 0 Å². The van der Waals surface area contributed by atoms with Crippen molar-refractivity contribution in [2.75, 3.05) is 0 Å². The highest BCUT2D eigenvalue weighted by atomic mass is 127. The first-order valence-corrected chi connectivity index (χ1v) is 35.8. The Hall–Kier alpha value is 0.820. The van der Waals surface area contributed by atoms with Crippen molar-refractivity contribution >= 4 is 48.0 Å². The summed E-state index contributed by atoms with van der Waals surface area (Å²) in [5, 5.41) is 67.6. The van der Waals surface area contributed by atoms with E-state index in [0.29, 0.717) is 98.7 Å². The Morgan fingerprint density at radius 1 is 0.110 bits per heavy atom. The van der Waals surface area contributed by atoms with Gasteiger partial charge in [-0.1, -0.05) is 103 Å². The Labute approximate surface area is 528 Å². The monoisotopic (exact) mass is 1360 g/mol. The molecule has 10 heterocycles. The maximum absolute atomic E-state index is 4.26. The lowest BCUT2D eigenvalue weighted by Gasteiger charge is -2.35. The van der Waals surface area contributed by atoms with Gasteiger partial charge in [-0.05, 0) is 197 Å². The van der Waals surface area contributed by atoms with E-state index in [1.807, 2.05) is 0 Å². The summed E-state index contributed by atoms with van der Waals surface area (Å²) in [6, 6.07) is 0. The quantitative estimate of drug-likeness (QED) is 0.118. The molecule has 10 aliphatic heterocycles. The molecule has 0 spiro atoms. The van der Waals surface area contributed by atoms with Crippen LogP contribution >= 0.6 is 48.0 Å². The van der Waals surface area contributed by atoms with Crippen molar-refractivity contribution in [2.24, 2.45) is 94.7 Å². The van der Waals surface area contributed by atoms with Gasteiger partial charge in [0.2, 0.25) is 0 Å². The molecule has 16 unspecified atom stereocenters. The van der Waals surface area contributed by atoms with E-state index >= 15 is 0 Å². The molecule has 0 aromatic heterocycles. The van der Waals surface area contributed by atoms with Crippen molar-refractivity contribution in [1.29, 1.82) is 0 Å². The molecule has 16 nitrogen and oxygen atoms in total. The Kier molecular flexibility index (Phi) is 18.4. The van der Waals surface area contributed by atoms with Gasteiger partial charge in [0.25, 0.3) is 0 Å². The van der Waals surface area contributed by atoms with Crippen molar-refractivity contribution in [3.8, 4) is 0 Å². The van der Waals surface area contributed by atoms with E-state index in [4.69, 9.17) is 0 Å². The van der Waals surface area contributed by atoms with Gasteiger partial charge in [0.15, 0.2) is 0 Å². The Morgan fingerprint density at radius 3 is 0.232 bits per heavy atom. The van der Waals surface area contributed by atoms with Gasteiger partial charge >= 0.3 is 0 Å². The SMILES string of the molecule is C1CCC2C3NC(NC4NC(NC5NC(NC6NC(N3)C3CCCCC63)C3CCCCC53)C3CCCCC43)C2C1.C1CCC2C3NC(NC4NC(NC5NC(NC6NC(N3)C3CCCCC63)C3CCCCC53)C3CCCCC43)C2C1.I.I. The zero-order valence-electron chi connectivity index (χ0n) is 49.9. The molecular formula is C64H114I2N16. The number of fused-ring (bicyclic) bond motifs is 40. The number of nitrogens with one attached hydrogen (secondary N) is 16. The minimum Gasteiger partial charge on any atom is -0.286 e. The summed E-state index contributed by atoms with van der Waals surface area (Å²) >= 11 is 0. The molecule has 8 saturated carbocycles. The molecule has 0 aromatic rings. The molecule has 18 heteroatoms. The van der Waals surface area contributed by atoms with Crippen LogP contribution in [0.25, 0.3) is 0 Å². The van der Waals surface area contributed by atoms with Crippen molar-refractivity contribution in [1.82, 2.24) is 85.1 Å². The summed E-state index contributed by atoms with van der Waals surface area (Å²) in [6.45, 7) is 0. The molecule has 0 amide bonds. The van der Waals surface area contributed by atoms with Crippen LogP contribution in [0.2, 0.25) is 0 Å². The van der Waals surface area contributed by atoms with Crippen molar-refractivity contribution in [3.05, 3.63) is 0 Å². The number of rotatable bonds is 0. The average Bonchev–Trinajstić information content (AvgIpc) is 4.52. The predicted molar refractivity (Wildman–Crippen MR) is 345 cm³/mol. The first-order chi connectivity index (χ1) is 39.6. The predicted octanol–water partition coefficient (Wildman–Crippen LogP) is 6.45. The fourth-order valence-electron chi connectivity index (χ4n) is 23.9. The molecule has 18 aliphatic rings. The second-order valence-electron chi connectivity index (χ2n) is 31.2. The van der Waals surface area contributed by atoms with Gasteiger partial charge in [0, 0.05) is 0 Å². The van der Waals surface area contributed by atoms with Gasteiger partial charge in [-0.25, -0.2) is 0 Å². The van der Waals surface area contributed by atoms with Crippen LogP contribution < -0.4 is 85.1 Å². The molecule has 8 aliphatic carbocycles. The first kappa shape index (κ1) is 59.1. The minimum absolute atomic E-state index is 0. The zero-order chi connectivity index (χ0) is 52.4. The van der Waals surface area contributed by atoms with E-state index in [1.165, 1.54) is 205 Å². The van der Waals surface area contributed by atoms with Crippen LogP contribution in [-0.2, 0) is 0 Å². The Morgan fingerprint density at radius 2 is 0.171 bits per heavy atom. The van der Waals surface area contributed by atoms with Crippen LogP contribution in [0.15, 0.2) is 0 Å². The highest BCUT2D eigenvalue weighted by molar-refractivity contribution is 14.0. The second kappa shape index (κ2) is 25.5. The lowest BCUT2D eigenvalue weighted by molar-refractivity contribution is 0.167. The van der Waals surface area contributed by atoms with Crippen LogP contribution in [0, 0.1) is 94.7 Å². The fraction of sp³-hybridized carbons (Fsp3) is 1.00. The van der Waals surface area contributed by atoms with Gasteiger partial charge in [-0.3, -0.25) is 85.1 Å². The molecule has 18 fully saturated rings. The lowest BCUT2D eigenvalue weighted by atomic mass is 9.76. The molecule has 18 rings (SSSR count). The largest absolute Gasteiger partial charge is 0.286 e. The van der Waals surface area contributed by atoms with E-state index in [-0.39, 0.29) is 48.0 Å². The third-order valence-corrected chi connectivity index (χ3v) is 27.6. The van der Waals surface area contributed by atoms with Crippen LogP contribution in [0.5, 0.6) is 0 Å². The van der Waals surface area contributed by atoms with Gasteiger partial charge in [0.05, 0.1) is 98.7 Å². The maximum Gasteiger partial charge on any atom is 0.0628 e. The number of hydrogen-bond acceptors (Lipinski definition) is 16. The van der Waals surface area contributed by atoms with Crippen molar-refractivity contribution in [2.45, 2.75) is 304 Å². The fourth-order valence-corrected chi connectivity index (χ4v) is 23.9.